The lowest BCUT2D eigenvalue weighted by Gasteiger charge is -1.99. The van der Waals surface area contributed by atoms with E-state index in [2.05, 4.69) is 4.98 Å². The van der Waals surface area contributed by atoms with E-state index in [1.807, 2.05) is 0 Å². The first-order valence-electron chi connectivity index (χ1n) is 3.52. The van der Waals surface area contributed by atoms with E-state index in [0.717, 1.165) is 6.20 Å². The van der Waals surface area contributed by atoms with Gasteiger partial charge in [-0.3, -0.25) is 4.79 Å². The van der Waals surface area contributed by atoms with Gasteiger partial charge < -0.3 is 15.2 Å². The second-order valence-corrected chi connectivity index (χ2v) is 2.81. The van der Waals surface area contributed by atoms with Crippen LogP contribution in [0.4, 0.5) is 5.82 Å². The first kappa shape index (κ1) is 10.4. The van der Waals surface area contributed by atoms with Gasteiger partial charge in [-0.2, -0.15) is 0 Å². The molecule has 0 fully saturated rings. The van der Waals surface area contributed by atoms with E-state index in [0.29, 0.717) is 0 Å². The van der Waals surface area contributed by atoms with Gasteiger partial charge in [0.1, 0.15) is 11.2 Å². The first-order valence-corrected chi connectivity index (χ1v) is 3.89. The quantitative estimate of drug-likeness (QED) is 0.607. The van der Waals surface area contributed by atoms with Crippen molar-refractivity contribution < 1.29 is 14.8 Å². The predicted octanol–water partition coefficient (Wildman–Crippen LogP) is 1.27. The molecular formula is C7H5ClN2O4. The molecule has 0 spiro atoms. The zero-order chi connectivity index (χ0) is 10.7. The number of hydrogen-bond donors (Lipinski definition) is 1. The maximum absolute atomic E-state index is 10.4. The Morgan fingerprint density at radius 2 is 2.36 bits per heavy atom. The fraction of sp³-hybridized carbons (Fsp3) is 0.143. The maximum atomic E-state index is 10.4. The number of hydrogen-bond acceptors (Lipinski definition) is 4. The zero-order valence-corrected chi connectivity index (χ0v) is 7.56. The van der Waals surface area contributed by atoms with Crippen molar-refractivity contribution in [2.45, 2.75) is 6.42 Å². The van der Waals surface area contributed by atoms with Crippen molar-refractivity contribution in [1.82, 2.24) is 4.98 Å². The van der Waals surface area contributed by atoms with E-state index < -0.39 is 16.7 Å². The number of carboxylic acid groups (broad SMARTS) is 1. The molecule has 0 amide bonds. The Hall–Kier alpha value is -1.69. The highest BCUT2D eigenvalue weighted by atomic mass is 35.5. The van der Waals surface area contributed by atoms with Crippen LogP contribution in [0.2, 0.25) is 5.02 Å². The van der Waals surface area contributed by atoms with Crippen molar-refractivity contribution in [3.8, 4) is 0 Å². The molecule has 74 valence electrons. The number of aromatic nitrogens is 1. The van der Waals surface area contributed by atoms with Crippen LogP contribution in [-0.2, 0) is 11.2 Å². The van der Waals surface area contributed by atoms with Crippen molar-refractivity contribution in [3.05, 3.63) is 33.0 Å². The van der Waals surface area contributed by atoms with Crippen LogP contribution in [-0.4, -0.2) is 21.0 Å². The van der Waals surface area contributed by atoms with Crippen LogP contribution in [0.25, 0.3) is 0 Å². The Kier molecular flexibility index (Phi) is 2.98. The summed E-state index contributed by atoms with van der Waals surface area (Å²) in [7, 11) is 0. The van der Waals surface area contributed by atoms with Gasteiger partial charge >= 0.3 is 11.8 Å². The summed E-state index contributed by atoms with van der Waals surface area (Å²) in [6.07, 6.45) is 0.796. The lowest BCUT2D eigenvalue weighted by atomic mass is 10.2. The van der Waals surface area contributed by atoms with Crippen LogP contribution in [0.1, 0.15) is 5.56 Å². The van der Waals surface area contributed by atoms with Crippen LogP contribution in [0.5, 0.6) is 0 Å². The van der Waals surface area contributed by atoms with Crippen LogP contribution < -0.4 is 0 Å². The number of carbonyl (C=O) groups is 1. The fourth-order valence-electron chi connectivity index (χ4n) is 0.898. The van der Waals surface area contributed by atoms with Crippen LogP contribution in [0.15, 0.2) is 12.3 Å². The summed E-state index contributed by atoms with van der Waals surface area (Å²) in [5.74, 6) is -1.63. The summed E-state index contributed by atoms with van der Waals surface area (Å²) in [5, 5.41) is 18.6. The molecule has 1 N–H and O–H groups in total. The Labute approximate surface area is 83.3 Å². The van der Waals surface area contributed by atoms with E-state index in [-0.39, 0.29) is 17.0 Å². The topological polar surface area (TPSA) is 93.3 Å². The molecule has 1 rings (SSSR count). The molecule has 1 aromatic heterocycles. The molecule has 0 atom stereocenters. The number of nitro groups is 1. The average Bonchev–Trinajstić information content (AvgIpc) is 2.07. The monoisotopic (exact) mass is 216 g/mol. The summed E-state index contributed by atoms with van der Waals surface area (Å²) in [4.78, 5) is 23.4. The first-order chi connectivity index (χ1) is 6.52. The molecule has 1 aromatic rings. The predicted molar refractivity (Wildman–Crippen MR) is 47.2 cm³/mol. The highest BCUT2D eigenvalue weighted by molar-refractivity contribution is 6.33. The van der Waals surface area contributed by atoms with Gasteiger partial charge in [-0.05, 0) is 21.5 Å². The number of aliphatic carboxylic acids is 1. The van der Waals surface area contributed by atoms with Crippen molar-refractivity contribution in [2.75, 3.05) is 0 Å². The molecule has 0 aliphatic rings. The molecule has 6 nitrogen and oxygen atoms in total. The van der Waals surface area contributed by atoms with Gasteiger partial charge in [-0.1, -0.05) is 11.6 Å². The molecule has 0 aromatic carbocycles. The normalized spacial score (nSPS) is 9.79. The largest absolute Gasteiger partial charge is 0.481 e. The third-order valence-electron chi connectivity index (χ3n) is 1.47. The van der Waals surface area contributed by atoms with Gasteiger partial charge in [0.25, 0.3) is 0 Å². The highest BCUT2D eigenvalue weighted by Crippen LogP contribution is 2.25. The second kappa shape index (κ2) is 4.01. The van der Waals surface area contributed by atoms with Gasteiger partial charge in [0.15, 0.2) is 0 Å². The van der Waals surface area contributed by atoms with Gasteiger partial charge in [0.2, 0.25) is 0 Å². The summed E-state index contributed by atoms with van der Waals surface area (Å²) in [6.45, 7) is 0. The lowest BCUT2D eigenvalue weighted by molar-refractivity contribution is -0.389. The third-order valence-corrected chi connectivity index (χ3v) is 1.88. The van der Waals surface area contributed by atoms with Crippen LogP contribution >= 0.6 is 11.6 Å². The standard InChI is InChI=1S/C7H5ClN2O4/c8-6-4(3-5(11)12)1-2-9-7(6)10(13)14/h1-2H,3H2,(H,11,12). The van der Waals surface area contributed by atoms with E-state index in [4.69, 9.17) is 16.7 Å². The molecule has 0 unspecified atom stereocenters. The molecule has 1 heterocycles. The summed E-state index contributed by atoms with van der Waals surface area (Å²) in [5.41, 5.74) is 0.181. The zero-order valence-electron chi connectivity index (χ0n) is 6.81. The van der Waals surface area contributed by atoms with E-state index in [9.17, 15) is 14.9 Å². The molecule has 0 bridgehead atoms. The molecule has 7 heteroatoms. The number of halogens is 1. The van der Waals surface area contributed by atoms with Crippen molar-refractivity contribution in [3.63, 3.8) is 0 Å². The van der Waals surface area contributed by atoms with Crippen molar-refractivity contribution in [1.29, 1.82) is 0 Å². The Bertz CT molecular complexity index is 393. The van der Waals surface area contributed by atoms with Crippen molar-refractivity contribution in [2.24, 2.45) is 0 Å². The van der Waals surface area contributed by atoms with E-state index >= 15 is 0 Å². The number of carboxylic acids is 1. The Morgan fingerprint density at radius 3 is 2.86 bits per heavy atom. The average molecular weight is 217 g/mol. The smallest absolute Gasteiger partial charge is 0.382 e. The minimum atomic E-state index is -1.10. The maximum Gasteiger partial charge on any atom is 0.382 e. The summed E-state index contributed by atoms with van der Waals surface area (Å²) >= 11 is 5.58. The Balaban J connectivity index is 3.13. The third kappa shape index (κ3) is 2.17. The molecule has 14 heavy (non-hydrogen) atoms. The van der Waals surface area contributed by atoms with E-state index in [1.165, 1.54) is 6.07 Å². The van der Waals surface area contributed by atoms with Crippen LogP contribution in [0.3, 0.4) is 0 Å². The second-order valence-electron chi connectivity index (χ2n) is 2.44. The molecule has 0 aliphatic heterocycles. The fourth-order valence-corrected chi connectivity index (χ4v) is 1.15. The number of pyridine rings is 1. The molecule has 0 aliphatic carbocycles. The SMILES string of the molecule is O=C(O)Cc1ccnc([N+](=O)[O-])c1Cl. The molecule has 0 radical (unpaired) electrons. The highest BCUT2D eigenvalue weighted by Gasteiger charge is 2.18. The van der Waals surface area contributed by atoms with Crippen molar-refractivity contribution >= 4 is 23.4 Å². The molecular weight excluding hydrogens is 212 g/mol. The van der Waals surface area contributed by atoms with Gasteiger partial charge in [0, 0.05) is 0 Å². The molecule has 0 saturated heterocycles. The lowest BCUT2D eigenvalue weighted by Crippen LogP contribution is -2.03. The number of nitrogens with zero attached hydrogens (tertiary/aromatic N) is 2. The van der Waals surface area contributed by atoms with Gasteiger partial charge in [-0.15, -0.1) is 0 Å². The Morgan fingerprint density at radius 1 is 1.71 bits per heavy atom. The minimum absolute atomic E-state index is 0.181. The number of rotatable bonds is 3. The van der Waals surface area contributed by atoms with E-state index in [1.54, 1.807) is 0 Å². The minimum Gasteiger partial charge on any atom is -0.481 e. The summed E-state index contributed by atoms with van der Waals surface area (Å²) in [6, 6.07) is 1.34. The van der Waals surface area contributed by atoms with Crippen LogP contribution in [0, 0.1) is 10.1 Å². The summed E-state index contributed by atoms with van der Waals surface area (Å²) < 4.78 is 0. The molecule has 0 saturated carbocycles. The van der Waals surface area contributed by atoms with Gasteiger partial charge in [-0.25, -0.2) is 0 Å². The van der Waals surface area contributed by atoms with Gasteiger partial charge in [0.05, 0.1) is 6.42 Å².